The van der Waals surface area contributed by atoms with Gasteiger partial charge >= 0.3 is 0 Å². The highest BCUT2D eigenvalue weighted by Crippen LogP contribution is 2.30. The number of H-pyrrole nitrogens is 1. The topological polar surface area (TPSA) is 122 Å². The summed E-state index contributed by atoms with van der Waals surface area (Å²) in [6, 6.07) is 10.2. The zero-order valence-electron chi connectivity index (χ0n) is 16.9. The Kier molecular flexibility index (Phi) is 10.3. The number of amides is 1. The van der Waals surface area contributed by atoms with Crippen LogP contribution in [0.1, 0.15) is 35.9 Å². The number of carbonyl (C=O) groups is 1. The quantitative estimate of drug-likeness (QED) is 0.397. The standard InChI is InChI=1S/C21H22Cl2N4O2.ClH.H2O/c1-12(2)26-20-8-16(17(23)10-25-20)14-7-18(24-9-14)21(29)27-19(11-28)13-4-3-5-15(22)6-13;;/h3-10,12,19,24,28H,11H2,1-2H3,(H,25,26)(H,27,29);1H;1H2/t19-;;/m1../s1. The van der Waals surface area contributed by atoms with Gasteiger partial charge in [-0.25, -0.2) is 4.98 Å². The number of aromatic amines is 1. The van der Waals surface area contributed by atoms with Gasteiger partial charge in [0.2, 0.25) is 0 Å². The van der Waals surface area contributed by atoms with Crippen LogP contribution in [0, 0.1) is 0 Å². The Morgan fingerprint density at radius 3 is 2.61 bits per heavy atom. The number of halogens is 3. The molecule has 10 heteroatoms. The van der Waals surface area contributed by atoms with Crippen molar-refractivity contribution >= 4 is 47.3 Å². The molecule has 0 aliphatic carbocycles. The molecule has 0 saturated heterocycles. The first kappa shape index (κ1) is 26.7. The van der Waals surface area contributed by atoms with Gasteiger partial charge in [0.25, 0.3) is 5.91 Å². The molecule has 2 aromatic heterocycles. The molecule has 0 bridgehead atoms. The molecule has 31 heavy (non-hydrogen) atoms. The van der Waals surface area contributed by atoms with Crippen molar-refractivity contribution in [3.63, 3.8) is 0 Å². The number of aromatic nitrogens is 2. The molecule has 0 spiro atoms. The number of nitrogens with one attached hydrogen (secondary N) is 3. The van der Waals surface area contributed by atoms with Crippen LogP contribution in [0.2, 0.25) is 10.0 Å². The van der Waals surface area contributed by atoms with Crippen molar-refractivity contribution in [3.8, 4) is 11.1 Å². The molecule has 1 amide bonds. The smallest absolute Gasteiger partial charge is 0.268 e. The number of hydrogen-bond donors (Lipinski definition) is 4. The summed E-state index contributed by atoms with van der Waals surface area (Å²) in [6.45, 7) is 3.79. The first-order chi connectivity index (χ1) is 13.9. The van der Waals surface area contributed by atoms with E-state index in [4.69, 9.17) is 23.2 Å². The van der Waals surface area contributed by atoms with Crippen LogP contribution >= 0.6 is 35.6 Å². The average molecular weight is 488 g/mol. The Bertz CT molecular complexity index is 1010. The molecule has 168 valence electrons. The highest BCUT2D eigenvalue weighted by Gasteiger charge is 2.18. The minimum Gasteiger partial charge on any atom is -0.412 e. The molecule has 3 rings (SSSR count). The number of anilines is 1. The van der Waals surface area contributed by atoms with Gasteiger partial charge in [-0.05, 0) is 43.7 Å². The number of aliphatic hydroxyl groups is 1. The molecule has 0 aliphatic heterocycles. The van der Waals surface area contributed by atoms with E-state index in [2.05, 4.69) is 20.6 Å². The minimum absolute atomic E-state index is 0. The minimum atomic E-state index is -0.570. The van der Waals surface area contributed by atoms with Crippen LogP contribution in [0.3, 0.4) is 0 Å². The van der Waals surface area contributed by atoms with Gasteiger partial charge < -0.3 is 26.2 Å². The molecule has 1 atom stereocenters. The van der Waals surface area contributed by atoms with Crippen LogP contribution < -0.4 is 10.6 Å². The van der Waals surface area contributed by atoms with Gasteiger partial charge in [0.1, 0.15) is 11.5 Å². The van der Waals surface area contributed by atoms with Gasteiger partial charge in [-0.15, -0.1) is 12.4 Å². The van der Waals surface area contributed by atoms with E-state index >= 15 is 0 Å². The average Bonchev–Trinajstić information content (AvgIpc) is 3.17. The van der Waals surface area contributed by atoms with Gasteiger partial charge in [-0.1, -0.05) is 35.3 Å². The molecule has 6 N–H and O–H groups in total. The third kappa shape index (κ3) is 6.85. The Hall–Kier alpha value is -2.29. The summed E-state index contributed by atoms with van der Waals surface area (Å²) in [5.74, 6) is 0.355. The molecule has 0 aliphatic rings. The van der Waals surface area contributed by atoms with E-state index < -0.39 is 6.04 Å². The van der Waals surface area contributed by atoms with Gasteiger partial charge in [0.15, 0.2) is 0 Å². The van der Waals surface area contributed by atoms with E-state index in [1.54, 1.807) is 42.7 Å². The van der Waals surface area contributed by atoms with Crippen LogP contribution in [0.15, 0.2) is 48.8 Å². The van der Waals surface area contributed by atoms with Crippen molar-refractivity contribution < 1.29 is 15.4 Å². The zero-order valence-corrected chi connectivity index (χ0v) is 19.3. The van der Waals surface area contributed by atoms with Crippen molar-refractivity contribution in [2.24, 2.45) is 0 Å². The molecule has 3 aromatic rings. The Morgan fingerprint density at radius 2 is 1.97 bits per heavy atom. The van der Waals surface area contributed by atoms with Crippen LogP contribution in [-0.4, -0.2) is 39.1 Å². The van der Waals surface area contributed by atoms with E-state index in [0.717, 1.165) is 16.7 Å². The molecular formula is C21H25Cl3N4O3. The number of hydrogen-bond acceptors (Lipinski definition) is 4. The van der Waals surface area contributed by atoms with E-state index in [1.807, 2.05) is 19.9 Å². The first-order valence-electron chi connectivity index (χ1n) is 9.15. The second-order valence-corrected chi connectivity index (χ2v) is 7.76. The molecule has 0 saturated carbocycles. The summed E-state index contributed by atoms with van der Waals surface area (Å²) < 4.78 is 0. The van der Waals surface area contributed by atoms with E-state index in [9.17, 15) is 9.90 Å². The van der Waals surface area contributed by atoms with Crippen LogP contribution in [-0.2, 0) is 0 Å². The maximum atomic E-state index is 12.7. The van der Waals surface area contributed by atoms with Gasteiger partial charge in [0.05, 0.1) is 17.7 Å². The lowest BCUT2D eigenvalue weighted by atomic mass is 10.1. The fourth-order valence-electron chi connectivity index (χ4n) is 2.91. The summed E-state index contributed by atoms with van der Waals surface area (Å²) in [4.78, 5) is 19.9. The number of carbonyl (C=O) groups excluding carboxylic acids is 1. The summed E-state index contributed by atoms with van der Waals surface area (Å²) >= 11 is 12.3. The third-order valence-electron chi connectivity index (χ3n) is 4.27. The van der Waals surface area contributed by atoms with Gasteiger partial charge in [-0.3, -0.25) is 4.79 Å². The maximum Gasteiger partial charge on any atom is 0.268 e. The van der Waals surface area contributed by atoms with Gasteiger partial charge in [-0.2, -0.15) is 0 Å². The normalized spacial score (nSPS) is 11.3. The Balaban J connectivity index is 0.00000240. The summed E-state index contributed by atoms with van der Waals surface area (Å²) in [6.07, 6.45) is 3.29. The predicted molar refractivity (Wildman–Crippen MR) is 127 cm³/mol. The lowest BCUT2D eigenvalue weighted by Crippen LogP contribution is -2.31. The number of nitrogens with zero attached hydrogens (tertiary/aromatic N) is 1. The summed E-state index contributed by atoms with van der Waals surface area (Å²) in [5, 5.41) is 16.7. The SMILES string of the molecule is CC(C)Nc1cc(-c2c[nH]c(C(=O)N[C@H](CO)c3cccc(Cl)c3)c2)c(Cl)cn1.Cl.O. The summed E-state index contributed by atoms with van der Waals surface area (Å²) in [5.41, 5.74) is 2.60. The van der Waals surface area contributed by atoms with Crippen molar-refractivity contribution in [2.75, 3.05) is 11.9 Å². The monoisotopic (exact) mass is 486 g/mol. The third-order valence-corrected chi connectivity index (χ3v) is 4.81. The lowest BCUT2D eigenvalue weighted by molar-refractivity contribution is 0.0911. The van der Waals surface area contributed by atoms with Crippen molar-refractivity contribution in [3.05, 3.63) is 70.1 Å². The van der Waals surface area contributed by atoms with E-state index in [-0.39, 0.29) is 36.4 Å². The second kappa shape index (κ2) is 11.9. The Morgan fingerprint density at radius 1 is 1.23 bits per heavy atom. The molecular weight excluding hydrogens is 463 g/mol. The largest absolute Gasteiger partial charge is 0.412 e. The van der Waals surface area contributed by atoms with E-state index in [1.165, 1.54) is 0 Å². The fourth-order valence-corrected chi connectivity index (χ4v) is 3.32. The summed E-state index contributed by atoms with van der Waals surface area (Å²) in [7, 11) is 0. The van der Waals surface area contributed by atoms with Crippen molar-refractivity contribution in [2.45, 2.75) is 25.9 Å². The van der Waals surface area contributed by atoms with Gasteiger partial charge in [0, 0.05) is 34.6 Å². The molecule has 2 heterocycles. The van der Waals surface area contributed by atoms with E-state index in [0.29, 0.717) is 21.6 Å². The van der Waals surface area contributed by atoms with Crippen LogP contribution in [0.4, 0.5) is 5.82 Å². The molecule has 0 unspecified atom stereocenters. The molecule has 1 aromatic carbocycles. The zero-order chi connectivity index (χ0) is 21.0. The van der Waals surface area contributed by atoms with Crippen molar-refractivity contribution in [1.82, 2.24) is 15.3 Å². The highest BCUT2D eigenvalue weighted by atomic mass is 35.5. The molecule has 7 nitrogen and oxygen atoms in total. The number of benzene rings is 1. The fraction of sp³-hybridized carbons (Fsp3) is 0.238. The molecule has 0 fully saturated rings. The van der Waals surface area contributed by atoms with Crippen LogP contribution in [0.5, 0.6) is 0 Å². The Labute approximate surface area is 196 Å². The second-order valence-electron chi connectivity index (χ2n) is 6.91. The van der Waals surface area contributed by atoms with Crippen molar-refractivity contribution in [1.29, 1.82) is 0 Å². The molecule has 0 radical (unpaired) electrons. The van der Waals surface area contributed by atoms with Crippen LogP contribution in [0.25, 0.3) is 11.1 Å². The maximum absolute atomic E-state index is 12.7. The lowest BCUT2D eigenvalue weighted by Gasteiger charge is -2.16. The first-order valence-corrected chi connectivity index (χ1v) is 9.91. The number of aliphatic hydroxyl groups excluding tert-OH is 1. The number of rotatable bonds is 7. The number of pyridine rings is 1. The predicted octanol–water partition coefficient (Wildman–Crippen LogP) is 4.26. The highest BCUT2D eigenvalue weighted by molar-refractivity contribution is 6.33.